The summed E-state index contributed by atoms with van der Waals surface area (Å²) < 4.78 is 1.99. The quantitative estimate of drug-likeness (QED) is 0.785. The Morgan fingerprint density at radius 2 is 1.77 bits per heavy atom. The van der Waals surface area contributed by atoms with Crippen LogP contribution in [-0.4, -0.2) is 37.7 Å². The minimum absolute atomic E-state index is 0.0770. The van der Waals surface area contributed by atoms with E-state index in [2.05, 4.69) is 10.2 Å². The molecule has 1 atom stereocenters. The van der Waals surface area contributed by atoms with Crippen LogP contribution in [0.4, 0.5) is 0 Å². The number of carbonyl (C=O) groups is 1. The molecule has 1 N–H and O–H groups in total. The van der Waals surface area contributed by atoms with Crippen molar-refractivity contribution in [3.8, 4) is 5.75 Å². The van der Waals surface area contributed by atoms with Crippen LogP contribution in [0.2, 0.25) is 0 Å². The standard InChI is InChI=1S/C20H20N4O2/c1-23-13-19-22-21-18(12-15-7-9-16(25)10-8-15)24(19)17(20(23)26)11-14-5-3-2-4-6-14/h2-10,17,25H,11-13H2,1H3/t17-/m0/s1. The largest absolute Gasteiger partial charge is 0.508 e. The third-order valence-electron chi connectivity index (χ3n) is 4.76. The van der Waals surface area contributed by atoms with E-state index < -0.39 is 0 Å². The zero-order valence-electron chi connectivity index (χ0n) is 14.5. The highest BCUT2D eigenvalue weighted by molar-refractivity contribution is 5.81. The van der Waals surface area contributed by atoms with Gasteiger partial charge in [0.25, 0.3) is 0 Å². The fourth-order valence-electron chi connectivity index (χ4n) is 3.42. The minimum atomic E-state index is -0.340. The molecule has 1 aliphatic rings. The molecular formula is C20H20N4O2. The summed E-state index contributed by atoms with van der Waals surface area (Å²) in [6, 6.07) is 16.7. The molecule has 1 amide bonds. The maximum absolute atomic E-state index is 12.9. The number of likely N-dealkylation sites (N-methyl/N-ethyl adjacent to an activating group) is 1. The van der Waals surface area contributed by atoms with Crippen molar-refractivity contribution in [2.24, 2.45) is 0 Å². The summed E-state index contributed by atoms with van der Waals surface area (Å²) in [5.74, 6) is 1.89. The first-order valence-corrected chi connectivity index (χ1v) is 8.61. The number of phenolic OH excluding ortho intramolecular Hbond substituents is 1. The van der Waals surface area contributed by atoms with Crippen molar-refractivity contribution in [2.45, 2.75) is 25.4 Å². The van der Waals surface area contributed by atoms with Crippen LogP contribution in [0.25, 0.3) is 0 Å². The number of benzene rings is 2. The van der Waals surface area contributed by atoms with Gasteiger partial charge in [0.2, 0.25) is 5.91 Å². The number of nitrogens with zero attached hydrogens (tertiary/aromatic N) is 4. The first-order chi connectivity index (χ1) is 12.6. The molecule has 6 nitrogen and oxygen atoms in total. The Morgan fingerprint density at radius 1 is 1.04 bits per heavy atom. The van der Waals surface area contributed by atoms with Crippen LogP contribution in [0, 0.1) is 0 Å². The Hall–Kier alpha value is -3.15. The van der Waals surface area contributed by atoms with Gasteiger partial charge >= 0.3 is 0 Å². The van der Waals surface area contributed by atoms with Gasteiger partial charge in [-0.25, -0.2) is 0 Å². The fraction of sp³-hybridized carbons (Fsp3) is 0.250. The molecule has 0 unspecified atom stereocenters. The van der Waals surface area contributed by atoms with Gasteiger partial charge in [-0.1, -0.05) is 42.5 Å². The Labute approximate surface area is 151 Å². The Kier molecular flexibility index (Phi) is 4.16. The van der Waals surface area contributed by atoms with Gasteiger partial charge in [-0.05, 0) is 23.3 Å². The van der Waals surface area contributed by atoms with Crippen molar-refractivity contribution in [3.63, 3.8) is 0 Å². The second-order valence-electron chi connectivity index (χ2n) is 6.65. The molecule has 26 heavy (non-hydrogen) atoms. The summed E-state index contributed by atoms with van der Waals surface area (Å²) in [4.78, 5) is 14.6. The van der Waals surface area contributed by atoms with E-state index in [1.165, 1.54) is 0 Å². The number of aromatic nitrogens is 3. The van der Waals surface area contributed by atoms with Crippen LogP contribution >= 0.6 is 0 Å². The molecule has 0 radical (unpaired) electrons. The number of fused-ring (bicyclic) bond motifs is 1. The number of hydrogen-bond donors (Lipinski definition) is 1. The van der Waals surface area contributed by atoms with Crippen LogP contribution < -0.4 is 0 Å². The van der Waals surface area contributed by atoms with E-state index in [0.717, 1.165) is 22.8 Å². The molecule has 6 heteroatoms. The number of amides is 1. The van der Waals surface area contributed by atoms with Crippen molar-refractivity contribution in [1.29, 1.82) is 0 Å². The first-order valence-electron chi connectivity index (χ1n) is 8.61. The molecule has 0 saturated carbocycles. The lowest BCUT2D eigenvalue weighted by molar-refractivity contribution is -0.136. The molecule has 2 aromatic carbocycles. The van der Waals surface area contributed by atoms with Crippen molar-refractivity contribution in [1.82, 2.24) is 19.7 Å². The minimum Gasteiger partial charge on any atom is -0.508 e. The number of hydrogen-bond acceptors (Lipinski definition) is 4. The van der Waals surface area contributed by atoms with Gasteiger partial charge in [0.1, 0.15) is 17.6 Å². The van der Waals surface area contributed by atoms with Gasteiger partial charge in [0.15, 0.2) is 5.82 Å². The maximum atomic E-state index is 12.9. The topological polar surface area (TPSA) is 71.2 Å². The van der Waals surface area contributed by atoms with Crippen LogP contribution in [0.1, 0.15) is 28.8 Å². The van der Waals surface area contributed by atoms with Crippen LogP contribution in [-0.2, 0) is 24.2 Å². The second-order valence-corrected chi connectivity index (χ2v) is 6.65. The maximum Gasteiger partial charge on any atom is 0.246 e. The third-order valence-corrected chi connectivity index (χ3v) is 4.76. The van der Waals surface area contributed by atoms with E-state index in [-0.39, 0.29) is 17.7 Å². The van der Waals surface area contributed by atoms with E-state index in [4.69, 9.17) is 0 Å². The van der Waals surface area contributed by atoms with Crippen LogP contribution in [0.15, 0.2) is 54.6 Å². The van der Waals surface area contributed by atoms with Crippen molar-refractivity contribution >= 4 is 5.91 Å². The molecule has 0 aliphatic carbocycles. The lowest BCUT2D eigenvalue weighted by Gasteiger charge is -2.31. The summed E-state index contributed by atoms with van der Waals surface area (Å²) >= 11 is 0. The normalized spacial score (nSPS) is 16.6. The number of rotatable bonds is 4. The SMILES string of the molecule is CN1Cc2nnc(Cc3ccc(O)cc3)n2[C@@H](Cc2ccccc2)C1=O. The van der Waals surface area contributed by atoms with E-state index in [1.807, 2.05) is 47.0 Å². The monoisotopic (exact) mass is 348 g/mol. The average Bonchev–Trinajstić information content (AvgIpc) is 3.04. The summed E-state index contributed by atoms with van der Waals surface area (Å²) in [5, 5.41) is 18.1. The van der Waals surface area contributed by atoms with Gasteiger partial charge < -0.3 is 14.6 Å². The molecule has 0 bridgehead atoms. The molecule has 2 heterocycles. The van der Waals surface area contributed by atoms with Crippen molar-refractivity contribution in [3.05, 3.63) is 77.4 Å². The molecule has 4 rings (SSSR count). The number of carbonyl (C=O) groups excluding carboxylic acids is 1. The highest BCUT2D eigenvalue weighted by atomic mass is 16.3. The van der Waals surface area contributed by atoms with E-state index >= 15 is 0 Å². The predicted octanol–water partition coefficient (Wildman–Crippen LogP) is 2.33. The predicted molar refractivity (Wildman–Crippen MR) is 96.6 cm³/mol. The molecule has 0 saturated heterocycles. The molecule has 132 valence electrons. The smallest absolute Gasteiger partial charge is 0.246 e. The van der Waals surface area contributed by atoms with Gasteiger partial charge in [0.05, 0.1) is 6.54 Å². The summed E-state index contributed by atoms with van der Waals surface area (Å²) in [6.07, 6.45) is 1.17. The lowest BCUT2D eigenvalue weighted by atomic mass is 10.0. The van der Waals surface area contributed by atoms with Crippen LogP contribution in [0.3, 0.4) is 0 Å². The second kappa shape index (κ2) is 6.63. The van der Waals surface area contributed by atoms with Gasteiger partial charge in [-0.15, -0.1) is 10.2 Å². The van der Waals surface area contributed by atoms with Crippen molar-refractivity contribution < 1.29 is 9.90 Å². The van der Waals surface area contributed by atoms with Crippen molar-refractivity contribution in [2.75, 3.05) is 7.05 Å². The Bertz CT molecular complexity index is 919. The van der Waals surface area contributed by atoms with E-state index in [1.54, 1.807) is 24.1 Å². The zero-order chi connectivity index (χ0) is 18.1. The molecule has 3 aromatic rings. The molecular weight excluding hydrogens is 328 g/mol. The molecule has 0 spiro atoms. The van der Waals surface area contributed by atoms with E-state index in [9.17, 15) is 9.90 Å². The summed E-state index contributed by atoms with van der Waals surface area (Å²) in [7, 11) is 1.80. The highest BCUT2D eigenvalue weighted by Gasteiger charge is 2.34. The van der Waals surface area contributed by atoms with Gasteiger partial charge in [0, 0.05) is 19.9 Å². The average molecular weight is 348 g/mol. The van der Waals surface area contributed by atoms with Gasteiger partial charge in [-0.2, -0.15) is 0 Å². The third kappa shape index (κ3) is 3.06. The van der Waals surface area contributed by atoms with Gasteiger partial charge in [-0.3, -0.25) is 4.79 Å². The Balaban J connectivity index is 1.69. The fourth-order valence-corrected chi connectivity index (χ4v) is 3.42. The molecule has 1 aromatic heterocycles. The number of aromatic hydroxyl groups is 1. The summed E-state index contributed by atoms with van der Waals surface area (Å²) in [6.45, 7) is 0.465. The zero-order valence-corrected chi connectivity index (χ0v) is 14.5. The first kappa shape index (κ1) is 16.3. The van der Waals surface area contributed by atoms with Crippen LogP contribution in [0.5, 0.6) is 5.75 Å². The molecule has 1 aliphatic heterocycles. The summed E-state index contributed by atoms with van der Waals surface area (Å²) in [5.41, 5.74) is 2.12. The number of phenols is 1. The highest BCUT2D eigenvalue weighted by Crippen LogP contribution is 2.27. The Morgan fingerprint density at radius 3 is 2.50 bits per heavy atom. The van der Waals surface area contributed by atoms with E-state index in [0.29, 0.717) is 19.4 Å². The molecule has 0 fully saturated rings. The lowest BCUT2D eigenvalue weighted by Crippen LogP contribution is -2.41.